The SMILES string of the molecule is COc1ccc(C=O)cc1OC(C)C(=O)O. The highest BCUT2D eigenvalue weighted by molar-refractivity contribution is 5.77. The Kier molecular flexibility index (Phi) is 3.88. The lowest BCUT2D eigenvalue weighted by atomic mass is 10.2. The third-order valence-electron chi connectivity index (χ3n) is 1.98. The van der Waals surface area contributed by atoms with Crippen molar-refractivity contribution in [2.75, 3.05) is 7.11 Å². The molecular formula is C11H12O5. The summed E-state index contributed by atoms with van der Waals surface area (Å²) in [5.41, 5.74) is 0.397. The number of aliphatic carboxylic acids is 1. The summed E-state index contributed by atoms with van der Waals surface area (Å²) in [5.74, 6) is -0.459. The van der Waals surface area contributed by atoms with E-state index in [1.807, 2.05) is 0 Å². The van der Waals surface area contributed by atoms with E-state index in [1.54, 1.807) is 12.1 Å². The zero-order valence-electron chi connectivity index (χ0n) is 8.97. The van der Waals surface area contributed by atoms with Crippen LogP contribution in [0.3, 0.4) is 0 Å². The Hall–Kier alpha value is -2.04. The molecule has 0 amide bonds. The maximum absolute atomic E-state index is 10.6. The molecule has 1 unspecified atom stereocenters. The van der Waals surface area contributed by atoms with Gasteiger partial charge in [-0.1, -0.05) is 0 Å². The molecule has 0 fully saturated rings. The average molecular weight is 224 g/mol. The van der Waals surface area contributed by atoms with Crippen LogP contribution in [0.4, 0.5) is 0 Å². The largest absolute Gasteiger partial charge is 0.493 e. The van der Waals surface area contributed by atoms with Crippen LogP contribution in [0.2, 0.25) is 0 Å². The molecule has 0 aromatic heterocycles. The predicted octanol–water partition coefficient (Wildman–Crippen LogP) is 1.36. The van der Waals surface area contributed by atoms with Gasteiger partial charge in [-0.15, -0.1) is 0 Å². The minimum Gasteiger partial charge on any atom is -0.493 e. The van der Waals surface area contributed by atoms with Crippen molar-refractivity contribution in [2.24, 2.45) is 0 Å². The molecule has 0 saturated carbocycles. The number of rotatable bonds is 5. The van der Waals surface area contributed by atoms with Crippen LogP contribution in [0, 0.1) is 0 Å². The van der Waals surface area contributed by atoms with Crippen LogP contribution in [0.5, 0.6) is 11.5 Å². The maximum atomic E-state index is 10.6. The molecule has 1 aromatic rings. The Morgan fingerprint density at radius 2 is 2.12 bits per heavy atom. The van der Waals surface area contributed by atoms with E-state index in [4.69, 9.17) is 14.6 Å². The lowest BCUT2D eigenvalue weighted by Gasteiger charge is -2.13. The molecule has 0 heterocycles. The van der Waals surface area contributed by atoms with Gasteiger partial charge in [-0.25, -0.2) is 4.79 Å². The van der Waals surface area contributed by atoms with E-state index in [1.165, 1.54) is 20.1 Å². The topological polar surface area (TPSA) is 72.8 Å². The molecule has 0 bridgehead atoms. The monoisotopic (exact) mass is 224 g/mol. The number of carboxylic acid groups (broad SMARTS) is 1. The highest BCUT2D eigenvalue weighted by Crippen LogP contribution is 2.28. The summed E-state index contributed by atoms with van der Waals surface area (Å²) >= 11 is 0. The van der Waals surface area contributed by atoms with Gasteiger partial charge in [-0.3, -0.25) is 4.79 Å². The van der Waals surface area contributed by atoms with Crippen LogP contribution in [-0.2, 0) is 4.79 Å². The van der Waals surface area contributed by atoms with Crippen LogP contribution >= 0.6 is 0 Å². The molecule has 0 aliphatic rings. The van der Waals surface area contributed by atoms with E-state index in [0.717, 1.165) is 0 Å². The summed E-state index contributed by atoms with van der Waals surface area (Å²) in [6.45, 7) is 1.40. The highest BCUT2D eigenvalue weighted by atomic mass is 16.5. The van der Waals surface area contributed by atoms with Gasteiger partial charge in [-0.05, 0) is 25.1 Å². The second-order valence-corrected chi connectivity index (χ2v) is 3.13. The summed E-state index contributed by atoms with van der Waals surface area (Å²) in [4.78, 5) is 21.2. The number of benzene rings is 1. The number of ether oxygens (including phenoxy) is 2. The lowest BCUT2D eigenvalue weighted by Crippen LogP contribution is -2.23. The zero-order valence-corrected chi connectivity index (χ0v) is 8.97. The van der Waals surface area contributed by atoms with Gasteiger partial charge < -0.3 is 14.6 Å². The Bertz CT molecular complexity index is 399. The van der Waals surface area contributed by atoms with E-state index in [2.05, 4.69) is 0 Å². The first-order valence-corrected chi connectivity index (χ1v) is 4.61. The first-order chi connectivity index (χ1) is 7.58. The van der Waals surface area contributed by atoms with E-state index < -0.39 is 12.1 Å². The summed E-state index contributed by atoms with van der Waals surface area (Å²) in [6.07, 6.45) is -0.353. The molecule has 1 aromatic carbocycles. The summed E-state index contributed by atoms with van der Waals surface area (Å²) < 4.78 is 10.1. The van der Waals surface area contributed by atoms with Crippen molar-refractivity contribution in [2.45, 2.75) is 13.0 Å². The zero-order chi connectivity index (χ0) is 12.1. The molecule has 5 nitrogen and oxygen atoms in total. The third-order valence-corrected chi connectivity index (χ3v) is 1.98. The van der Waals surface area contributed by atoms with Crippen LogP contribution in [0.1, 0.15) is 17.3 Å². The van der Waals surface area contributed by atoms with E-state index >= 15 is 0 Å². The molecule has 0 spiro atoms. The van der Waals surface area contributed by atoms with Gasteiger partial charge in [0.05, 0.1) is 7.11 Å². The Balaban J connectivity index is 2.99. The summed E-state index contributed by atoms with van der Waals surface area (Å²) in [6, 6.07) is 4.54. The highest BCUT2D eigenvalue weighted by Gasteiger charge is 2.15. The van der Waals surface area contributed by atoms with Gasteiger partial charge in [-0.2, -0.15) is 0 Å². The van der Waals surface area contributed by atoms with Crippen LogP contribution in [0.25, 0.3) is 0 Å². The number of carboxylic acids is 1. The van der Waals surface area contributed by atoms with Crippen molar-refractivity contribution in [3.63, 3.8) is 0 Å². The van der Waals surface area contributed by atoms with Gasteiger partial charge in [0.2, 0.25) is 0 Å². The van der Waals surface area contributed by atoms with E-state index in [9.17, 15) is 9.59 Å². The van der Waals surface area contributed by atoms with Gasteiger partial charge >= 0.3 is 5.97 Å². The second-order valence-electron chi connectivity index (χ2n) is 3.13. The van der Waals surface area contributed by atoms with Crippen molar-refractivity contribution >= 4 is 12.3 Å². The van der Waals surface area contributed by atoms with Crippen molar-refractivity contribution in [1.82, 2.24) is 0 Å². The molecule has 5 heteroatoms. The number of methoxy groups -OCH3 is 1. The lowest BCUT2D eigenvalue weighted by molar-refractivity contribution is -0.144. The van der Waals surface area contributed by atoms with Crippen LogP contribution < -0.4 is 9.47 Å². The van der Waals surface area contributed by atoms with Crippen molar-refractivity contribution < 1.29 is 24.2 Å². The molecule has 16 heavy (non-hydrogen) atoms. The minimum atomic E-state index is -1.08. The quantitative estimate of drug-likeness (QED) is 0.764. The first-order valence-electron chi connectivity index (χ1n) is 4.61. The molecule has 1 rings (SSSR count). The molecule has 0 saturated heterocycles. The average Bonchev–Trinajstić information content (AvgIpc) is 2.28. The fourth-order valence-electron chi connectivity index (χ4n) is 1.10. The Morgan fingerprint density at radius 1 is 1.44 bits per heavy atom. The normalized spacial score (nSPS) is 11.6. The van der Waals surface area contributed by atoms with Crippen molar-refractivity contribution in [1.29, 1.82) is 0 Å². The van der Waals surface area contributed by atoms with Crippen molar-refractivity contribution in [3.8, 4) is 11.5 Å². The summed E-state index contributed by atoms with van der Waals surface area (Å²) in [5, 5.41) is 8.70. The molecule has 0 aliphatic heterocycles. The predicted molar refractivity (Wildman–Crippen MR) is 56.1 cm³/mol. The van der Waals surface area contributed by atoms with Gasteiger partial charge in [0.1, 0.15) is 6.29 Å². The van der Waals surface area contributed by atoms with E-state index in [0.29, 0.717) is 17.6 Å². The second kappa shape index (κ2) is 5.16. The van der Waals surface area contributed by atoms with Gasteiger partial charge in [0, 0.05) is 5.56 Å². The molecule has 86 valence electrons. The smallest absolute Gasteiger partial charge is 0.344 e. The fraction of sp³-hybridized carbons (Fsp3) is 0.273. The number of hydrogen-bond acceptors (Lipinski definition) is 4. The van der Waals surface area contributed by atoms with Crippen molar-refractivity contribution in [3.05, 3.63) is 23.8 Å². The molecule has 0 aliphatic carbocycles. The number of carbonyl (C=O) groups is 2. The summed E-state index contributed by atoms with van der Waals surface area (Å²) in [7, 11) is 1.44. The van der Waals surface area contributed by atoms with E-state index in [-0.39, 0.29) is 5.75 Å². The van der Waals surface area contributed by atoms with Crippen LogP contribution in [-0.4, -0.2) is 30.6 Å². The molecule has 1 atom stereocenters. The van der Waals surface area contributed by atoms with Crippen LogP contribution in [0.15, 0.2) is 18.2 Å². The maximum Gasteiger partial charge on any atom is 0.344 e. The third kappa shape index (κ3) is 2.73. The molecular weight excluding hydrogens is 212 g/mol. The number of aldehydes is 1. The number of carbonyl (C=O) groups excluding carboxylic acids is 1. The van der Waals surface area contributed by atoms with Gasteiger partial charge in [0.25, 0.3) is 0 Å². The fourth-order valence-corrected chi connectivity index (χ4v) is 1.10. The Labute approximate surface area is 92.6 Å². The molecule has 1 N–H and O–H groups in total. The minimum absolute atomic E-state index is 0.238. The first kappa shape index (κ1) is 12.0. The Morgan fingerprint density at radius 3 is 2.62 bits per heavy atom. The molecule has 0 radical (unpaired) electrons. The standard InChI is InChI=1S/C11H12O5/c1-7(11(13)14)16-10-5-8(6-12)3-4-9(10)15-2/h3-7H,1-2H3,(H,13,14). The van der Waals surface area contributed by atoms with Gasteiger partial charge in [0.15, 0.2) is 17.6 Å². The number of hydrogen-bond donors (Lipinski definition) is 1.